The number of hydrogen-bond donors (Lipinski definition) is 4. The Hall–Kier alpha value is -4.28. The van der Waals surface area contributed by atoms with E-state index in [0.717, 1.165) is 6.07 Å². The Morgan fingerprint density at radius 1 is 1.18 bits per heavy atom. The number of pyridine rings is 1. The Kier molecular flexibility index (Phi) is 4.73. The largest absolute Gasteiger partial charge is 0.505 e. The van der Waals surface area contributed by atoms with Crippen LogP contribution in [0.2, 0.25) is 0 Å². The van der Waals surface area contributed by atoms with E-state index in [-0.39, 0.29) is 39.5 Å². The van der Waals surface area contributed by atoms with Crippen molar-refractivity contribution in [3.05, 3.63) is 46.8 Å². The maximum absolute atomic E-state index is 11.3. The van der Waals surface area contributed by atoms with Gasteiger partial charge in [0.1, 0.15) is 5.75 Å². The van der Waals surface area contributed by atoms with Gasteiger partial charge in [0.05, 0.1) is 39.7 Å². The number of carbonyl (C=O) groups excluding carboxylic acids is 1. The van der Waals surface area contributed by atoms with Crippen molar-refractivity contribution >= 4 is 35.6 Å². The number of rotatable bonds is 6. The number of carbonyl (C=O) groups is 3. The molecule has 142 valence electrons. The molecule has 3 aromatic rings. The van der Waals surface area contributed by atoms with E-state index in [9.17, 15) is 29.7 Å². The van der Waals surface area contributed by atoms with Gasteiger partial charge < -0.3 is 15.3 Å². The van der Waals surface area contributed by atoms with E-state index in [2.05, 4.69) is 20.6 Å². The molecule has 3 rings (SSSR count). The van der Waals surface area contributed by atoms with Crippen molar-refractivity contribution in [3.8, 4) is 11.4 Å². The topological polar surface area (TPSA) is 167 Å². The zero-order valence-corrected chi connectivity index (χ0v) is 14.3. The standard InChI is InChI=1S/C17H13N5O6/c1-8-14(24)12(5-18-19-7-23)13-6-22(21-15(13)20-8)11-3-9(16(25)26)2-10(4-11)17(27)28/h2-7,24H,1H3,(H,19,23)(H,25,26)(H,27,28)/b18-5+. The number of amides is 1. The molecule has 0 spiro atoms. The van der Waals surface area contributed by atoms with Crippen molar-refractivity contribution in [1.29, 1.82) is 0 Å². The molecule has 0 fully saturated rings. The van der Waals surface area contributed by atoms with E-state index in [0.29, 0.717) is 11.8 Å². The van der Waals surface area contributed by atoms with Crippen LogP contribution in [-0.4, -0.2) is 54.6 Å². The van der Waals surface area contributed by atoms with Crippen molar-refractivity contribution in [2.24, 2.45) is 5.10 Å². The van der Waals surface area contributed by atoms with Gasteiger partial charge in [0.15, 0.2) is 5.65 Å². The molecule has 0 bridgehead atoms. The van der Waals surface area contributed by atoms with Crippen LogP contribution >= 0.6 is 0 Å². The minimum atomic E-state index is -1.29. The lowest BCUT2D eigenvalue weighted by Gasteiger charge is -2.05. The molecule has 2 aromatic heterocycles. The third-order valence-corrected chi connectivity index (χ3v) is 3.85. The molecule has 0 aliphatic carbocycles. The molecule has 0 saturated heterocycles. The second kappa shape index (κ2) is 7.15. The molecule has 28 heavy (non-hydrogen) atoms. The first-order valence-corrected chi connectivity index (χ1v) is 7.75. The van der Waals surface area contributed by atoms with Crippen molar-refractivity contribution in [2.75, 3.05) is 0 Å². The Labute approximate surface area is 156 Å². The molecule has 4 N–H and O–H groups in total. The fraction of sp³-hybridized carbons (Fsp3) is 0.0588. The first-order valence-electron chi connectivity index (χ1n) is 7.75. The Morgan fingerprint density at radius 3 is 2.39 bits per heavy atom. The smallest absolute Gasteiger partial charge is 0.335 e. The van der Waals surface area contributed by atoms with Crippen molar-refractivity contribution in [2.45, 2.75) is 6.92 Å². The van der Waals surface area contributed by atoms with Gasteiger partial charge in [-0.15, -0.1) is 5.10 Å². The summed E-state index contributed by atoms with van der Waals surface area (Å²) in [4.78, 5) is 37.1. The minimum Gasteiger partial charge on any atom is -0.505 e. The van der Waals surface area contributed by atoms with Crippen LogP contribution in [0.25, 0.3) is 16.7 Å². The lowest BCUT2D eigenvalue weighted by molar-refractivity contribution is -0.109. The first-order chi connectivity index (χ1) is 13.3. The number of carboxylic acids is 2. The molecular formula is C17H13N5O6. The van der Waals surface area contributed by atoms with Crippen LogP contribution < -0.4 is 5.43 Å². The summed E-state index contributed by atoms with van der Waals surface area (Å²) < 4.78 is 1.25. The highest BCUT2D eigenvalue weighted by Gasteiger charge is 2.17. The quantitative estimate of drug-likeness (QED) is 0.277. The van der Waals surface area contributed by atoms with E-state index in [1.165, 1.54) is 29.2 Å². The predicted octanol–water partition coefficient (Wildman–Crippen LogP) is 0.911. The highest BCUT2D eigenvalue weighted by Crippen LogP contribution is 2.27. The average Bonchev–Trinajstić information content (AvgIpc) is 3.08. The molecular weight excluding hydrogens is 370 g/mol. The van der Waals surface area contributed by atoms with Gasteiger partial charge in [-0.25, -0.2) is 24.7 Å². The van der Waals surface area contributed by atoms with Gasteiger partial charge in [-0.1, -0.05) is 0 Å². The molecule has 0 atom stereocenters. The van der Waals surface area contributed by atoms with Crippen LogP contribution in [-0.2, 0) is 4.79 Å². The summed E-state index contributed by atoms with van der Waals surface area (Å²) in [6.07, 6.45) is 3.01. The number of hydrazone groups is 1. The van der Waals surface area contributed by atoms with E-state index in [1.807, 2.05) is 0 Å². The normalized spacial score (nSPS) is 11.0. The minimum absolute atomic E-state index is 0.172. The van der Waals surface area contributed by atoms with Crippen molar-refractivity contribution in [3.63, 3.8) is 0 Å². The van der Waals surface area contributed by atoms with Gasteiger partial charge >= 0.3 is 11.9 Å². The number of aromatic nitrogens is 3. The number of nitrogens with one attached hydrogen (secondary N) is 1. The number of aryl methyl sites for hydroxylation is 1. The number of hydrogen-bond acceptors (Lipinski definition) is 7. The Balaban J connectivity index is 2.23. The lowest BCUT2D eigenvalue weighted by Crippen LogP contribution is -2.06. The Morgan fingerprint density at radius 2 is 1.82 bits per heavy atom. The van der Waals surface area contributed by atoms with Gasteiger partial charge in [0, 0.05) is 6.20 Å². The van der Waals surface area contributed by atoms with Gasteiger partial charge in [-0.3, -0.25) is 4.79 Å². The summed E-state index contributed by atoms with van der Waals surface area (Å²) in [6.45, 7) is 1.55. The second-order valence-electron chi connectivity index (χ2n) is 5.65. The predicted molar refractivity (Wildman–Crippen MR) is 96.0 cm³/mol. The third kappa shape index (κ3) is 3.35. The number of benzene rings is 1. The van der Waals surface area contributed by atoms with Crippen molar-refractivity contribution < 1.29 is 29.7 Å². The molecule has 0 saturated carbocycles. The maximum Gasteiger partial charge on any atom is 0.335 e. The zero-order chi connectivity index (χ0) is 20.4. The fourth-order valence-electron chi connectivity index (χ4n) is 2.56. The molecule has 0 aliphatic heterocycles. The molecule has 2 heterocycles. The molecule has 0 radical (unpaired) electrons. The van der Waals surface area contributed by atoms with E-state index >= 15 is 0 Å². The van der Waals surface area contributed by atoms with Crippen LogP contribution in [0, 0.1) is 6.92 Å². The number of aromatic carboxylic acids is 2. The summed E-state index contributed by atoms with van der Waals surface area (Å²) in [5.74, 6) is -2.75. The van der Waals surface area contributed by atoms with Gasteiger partial charge in [-0.2, -0.15) is 5.10 Å². The molecule has 11 nitrogen and oxygen atoms in total. The van der Waals surface area contributed by atoms with Crippen LogP contribution in [0.4, 0.5) is 0 Å². The fourth-order valence-corrected chi connectivity index (χ4v) is 2.56. The molecule has 0 aliphatic rings. The summed E-state index contributed by atoms with van der Waals surface area (Å²) in [5.41, 5.74) is 2.52. The number of nitrogens with zero attached hydrogens (tertiary/aromatic N) is 4. The molecule has 11 heteroatoms. The van der Waals surface area contributed by atoms with Crippen LogP contribution in [0.1, 0.15) is 32.0 Å². The summed E-state index contributed by atoms with van der Waals surface area (Å²) in [7, 11) is 0. The van der Waals surface area contributed by atoms with Gasteiger partial charge in [0.2, 0.25) is 6.41 Å². The van der Waals surface area contributed by atoms with Crippen molar-refractivity contribution in [1.82, 2.24) is 20.2 Å². The first kappa shape index (κ1) is 18.5. The third-order valence-electron chi connectivity index (χ3n) is 3.85. The zero-order valence-electron chi connectivity index (χ0n) is 14.3. The molecule has 1 aromatic carbocycles. The highest BCUT2D eigenvalue weighted by atomic mass is 16.4. The van der Waals surface area contributed by atoms with E-state index < -0.39 is 11.9 Å². The SMILES string of the molecule is Cc1nc2nn(-c3cc(C(=O)O)cc(C(=O)O)c3)cc2c(/C=N/NC=O)c1O. The number of carboxylic acid groups (broad SMARTS) is 2. The van der Waals surface area contributed by atoms with E-state index in [4.69, 9.17) is 0 Å². The number of fused-ring (bicyclic) bond motifs is 1. The maximum atomic E-state index is 11.3. The summed E-state index contributed by atoms with van der Waals surface area (Å²) >= 11 is 0. The molecule has 1 amide bonds. The second-order valence-corrected chi connectivity index (χ2v) is 5.65. The van der Waals surface area contributed by atoms with Gasteiger partial charge in [0.25, 0.3) is 0 Å². The average molecular weight is 383 g/mol. The monoisotopic (exact) mass is 383 g/mol. The summed E-state index contributed by atoms with van der Waals surface area (Å²) in [5, 5.41) is 36.9. The highest BCUT2D eigenvalue weighted by molar-refractivity contribution is 6.00. The van der Waals surface area contributed by atoms with Crippen LogP contribution in [0.15, 0.2) is 29.5 Å². The van der Waals surface area contributed by atoms with Crippen LogP contribution in [0.3, 0.4) is 0 Å². The Bertz CT molecular complexity index is 1120. The van der Waals surface area contributed by atoms with E-state index in [1.54, 1.807) is 6.92 Å². The van der Waals surface area contributed by atoms with Gasteiger partial charge in [-0.05, 0) is 25.1 Å². The molecule has 0 unspecified atom stereocenters. The van der Waals surface area contributed by atoms with Crippen LogP contribution in [0.5, 0.6) is 5.75 Å². The summed E-state index contributed by atoms with van der Waals surface area (Å²) in [6, 6.07) is 3.55. The number of aromatic hydroxyl groups is 1. The lowest BCUT2D eigenvalue weighted by atomic mass is 10.1.